The number of nitrogens with zero attached hydrogens (tertiary/aromatic N) is 1. The van der Waals surface area contributed by atoms with Gasteiger partial charge in [0.25, 0.3) is 17.7 Å². The highest BCUT2D eigenvalue weighted by Gasteiger charge is 2.34. The number of rotatable bonds is 7. The number of amides is 3. The van der Waals surface area contributed by atoms with Crippen LogP contribution in [-0.4, -0.2) is 48.3 Å². The number of fused-ring (bicyclic) bond motifs is 2. The van der Waals surface area contributed by atoms with Crippen LogP contribution in [0.2, 0.25) is 5.02 Å². The molecule has 0 aliphatic carbocycles. The maximum absolute atomic E-state index is 12.3. The number of nitrogens with one attached hydrogen (secondary N) is 1. The first-order valence-electron chi connectivity index (χ1n) is 9.53. The van der Waals surface area contributed by atoms with Gasteiger partial charge < -0.3 is 10.1 Å². The molecule has 158 valence electrons. The molecule has 1 N–H and O–H groups in total. The van der Waals surface area contributed by atoms with E-state index in [0.717, 1.165) is 15.0 Å². The zero-order valence-electron chi connectivity index (χ0n) is 16.2. The standard InChI is InChI=1S/C22H17ClN2O5S/c23-18-15-8-3-4-9-16(15)31-19(18)20(27)24-12-17(26)30-11-5-10-25-21(28)13-6-1-2-7-14(13)22(25)29/h1-4,6-9H,5,10-12H2,(H,24,27). The Morgan fingerprint density at radius 1 is 1.00 bits per heavy atom. The van der Waals surface area contributed by atoms with E-state index in [1.165, 1.54) is 11.3 Å². The lowest BCUT2D eigenvalue weighted by Crippen LogP contribution is -2.32. The summed E-state index contributed by atoms with van der Waals surface area (Å²) in [5, 5.41) is 3.64. The van der Waals surface area contributed by atoms with E-state index in [2.05, 4.69) is 5.32 Å². The fourth-order valence-electron chi connectivity index (χ4n) is 3.29. The summed E-state index contributed by atoms with van der Waals surface area (Å²) in [4.78, 5) is 50.3. The molecule has 3 aromatic rings. The van der Waals surface area contributed by atoms with E-state index in [1.54, 1.807) is 24.3 Å². The van der Waals surface area contributed by atoms with Crippen LogP contribution >= 0.6 is 22.9 Å². The van der Waals surface area contributed by atoms with Crippen LogP contribution in [0.5, 0.6) is 0 Å². The average molecular weight is 457 g/mol. The van der Waals surface area contributed by atoms with Crippen molar-refractivity contribution in [3.05, 3.63) is 69.6 Å². The minimum absolute atomic E-state index is 0.0196. The summed E-state index contributed by atoms with van der Waals surface area (Å²) in [7, 11) is 0. The fraction of sp³-hybridized carbons (Fsp3) is 0.182. The Hall–Kier alpha value is -3.23. The van der Waals surface area contributed by atoms with Crippen LogP contribution < -0.4 is 5.32 Å². The van der Waals surface area contributed by atoms with Gasteiger partial charge in [0, 0.05) is 16.6 Å². The zero-order valence-corrected chi connectivity index (χ0v) is 17.8. The minimum atomic E-state index is -0.618. The number of carbonyl (C=O) groups is 4. The van der Waals surface area contributed by atoms with Gasteiger partial charge in [-0.15, -0.1) is 11.3 Å². The van der Waals surface area contributed by atoms with E-state index >= 15 is 0 Å². The van der Waals surface area contributed by atoms with Gasteiger partial charge in [-0.3, -0.25) is 24.1 Å². The minimum Gasteiger partial charge on any atom is -0.464 e. The molecule has 0 spiro atoms. The van der Waals surface area contributed by atoms with E-state index in [1.807, 2.05) is 24.3 Å². The van der Waals surface area contributed by atoms with Gasteiger partial charge in [0.1, 0.15) is 11.4 Å². The molecule has 9 heteroatoms. The Morgan fingerprint density at radius 3 is 2.32 bits per heavy atom. The largest absolute Gasteiger partial charge is 0.464 e. The van der Waals surface area contributed by atoms with Crippen molar-refractivity contribution in [1.29, 1.82) is 0 Å². The number of hydrogen-bond donors (Lipinski definition) is 1. The van der Waals surface area contributed by atoms with E-state index in [0.29, 0.717) is 27.4 Å². The highest BCUT2D eigenvalue weighted by atomic mass is 35.5. The second-order valence-corrected chi connectivity index (χ2v) is 8.24. The highest BCUT2D eigenvalue weighted by molar-refractivity contribution is 7.21. The summed E-state index contributed by atoms with van der Waals surface area (Å²) in [6.07, 6.45) is 0.299. The van der Waals surface area contributed by atoms with E-state index in [4.69, 9.17) is 16.3 Å². The third kappa shape index (κ3) is 4.17. The molecule has 2 heterocycles. The van der Waals surface area contributed by atoms with E-state index < -0.39 is 11.9 Å². The lowest BCUT2D eigenvalue weighted by molar-refractivity contribution is -0.142. The first kappa shape index (κ1) is 21.0. The Morgan fingerprint density at radius 2 is 1.65 bits per heavy atom. The van der Waals surface area contributed by atoms with Crippen molar-refractivity contribution < 1.29 is 23.9 Å². The smallest absolute Gasteiger partial charge is 0.325 e. The Labute approximate surface area is 186 Å². The van der Waals surface area contributed by atoms with Gasteiger partial charge in [-0.25, -0.2) is 0 Å². The van der Waals surface area contributed by atoms with Crippen molar-refractivity contribution >= 4 is 56.7 Å². The van der Waals surface area contributed by atoms with Crippen LogP contribution in [-0.2, 0) is 9.53 Å². The molecule has 7 nitrogen and oxygen atoms in total. The number of hydrogen-bond acceptors (Lipinski definition) is 6. The molecule has 3 amide bonds. The summed E-state index contributed by atoms with van der Waals surface area (Å²) in [5.74, 6) is -1.76. The van der Waals surface area contributed by atoms with E-state index in [-0.39, 0.29) is 31.5 Å². The van der Waals surface area contributed by atoms with Gasteiger partial charge in [-0.1, -0.05) is 41.9 Å². The molecule has 0 atom stereocenters. The summed E-state index contributed by atoms with van der Waals surface area (Å²) in [5.41, 5.74) is 0.763. The van der Waals surface area contributed by atoms with Crippen molar-refractivity contribution in [3.63, 3.8) is 0 Å². The number of imide groups is 1. The lowest BCUT2D eigenvalue weighted by Gasteiger charge is -2.13. The van der Waals surface area contributed by atoms with Gasteiger partial charge in [0.05, 0.1) is 22.8 Å². The molecule has 31 heavy (non-hydrogen) atoms. The van der Waals surface area contributed by atoms with Crippen molar-refractivity contribution in [2.24, 2.45) is 0 Å². The molecular weight excluding hydrogens is 440 g/mol. The zero-order chi connectivity index (χ0) is 22.0. The van der Waals surface area contributed by atoms with Crippen LogP contribution in [0, 0.1) is 0 Å². The molecule has 1 aromatic heterocycles. The van der Waals surface area contributed by atoms with Crippen LogP contribution in [0.4, 0.5) is 0 Å². The molecule has 2 aromatic carbocycles. The normalized spacial score (nSPS) is 12.9. The van der Waals surface area contributed by atoms with Gasteiger partial charge in [0.2, 0.25) is 0 Å². The molecule has 1 aliphatic heterocycles. The van der Waals surface area contributed by atoms with Gasteiger partial charge >= 0.3 is 5.97 Å². The fourth-order valence-corrected chi connectivity index (χ4v) is 4.73. The molecule has 1 aliphatic rings. The van der Waals surface area contributed by atoms with Crippen LogP contribution in [0.25, 0.3) is 10.1 Å². The van der Waals surface area contributed by atoms with Crippen molar-refractivity contribution in [3.8, 4) is 0 Å². The van der Waals surface area contributed by atoms with Gasteiger partial charge in [-0.05, 0) is 24.6 Å². The molecule has 0 saturated carbocycles. The third-order valence-electron chi connectivity index (χ3n) is 4.80. The lowest BCUT2D eigenvalue weighted by atomic mass is 10.1. The molecular formula is C22H17ClN2O5S. The highest BCUT2D eigenvalue weighted by Crippen LogP contribution is 2.34. The number of benzene rings is 2. The Bertz CT molecular complexity index is 1170. The Balaban J connectivity index is 1.22. The summed E-state index contributed by atoms with van der Waals surface area (Å²) in [6, 6.07) is 14.0. The maximum Gasteiger partial charge on any atom is 0.325 e. The molecule has 0 bridgehead atoms. The molecule has 0 unspecified atom stereocenters. The third-order valence-corrected chi connectivity index (χ3v) is 6.48. The number of carbonyl (C=O) groups excluding carboxylic acids is 4. The van der Waals surface area contributed by atoms with Crippen molar-refractivity contribution in [1.82, 2.24) is 10.2 Å². The SMILES string of the molecule is O=C(CNC(=O)c1sc2ccccc2c1Cl)OCCCN1C(=O)c2ccccc2C1=O. The van der Waals surface area contributed by atoms with Gasteiger partial charge in [-0.2, -0.15) is 0 Å². The number of halogens is 1. The Kier molecular flexibility index (Phi) is 6.01. The molecule has 0 saturated heterocycles. The van der Waals surface area contributed by atoms with Crippen LogP contribution in [0.1, 0.15) is 36.8 Å². The van der Waals surface area contributed by atoms with E-state index in [9.17, 15) is 19.2 Å². The average Bonchev–Trinajstić information content (AvgIpc) is 3.25. The number of esters is 1. The van der Waals surface area contributed by atoms with Crippen molar-refractivity contribution in [2.75, 3.05) is 19.7 Å². The molecule has 0 fully saturated rings. The summed E-state index contributed by atoms with van der Waals surface area (Å²) >= 11 is 7.51. The topological polar surface area (TPSA) is 92.8 Å². The summed E-state index contributed by atoms with van der Waals surface area (Å²) in [6.45, 7) is -0.147. The number of ether oxygens (including phenoxy) is 1. The van der Waals surface area contributed by atoms with Crippen LogP contribution in [0.3, 0.4) is 0 Å². The maximum atomic E-state index is 12.3. The summed E-state index contributed by atoms with van der Waals surface area (Å²) < 4.78 is 5.98. The van der Waals surface area contributed by atoms with Gasteiger partial charge in [0.15, 0.2) is 0 Å². The van der Waals surface area contributed by atoms with Crippen LogP contribution in [0.15, 0.2) is 48.5 Å². The monoisotopic (exact) mass is 456 g/mol. The predicted molar refractivity (Wildman–Crippen MR) is 117 cm³/mol. The molecule has 0 radical (unpaired) electrons. The number of thiophene rings is 1. The first-order chi connectivity index (χ1) is 15.0. The quantitative estimate of drug-likeness (QED) is 0.333. The second-order valence-electron chi connectivity index (χ2n) is 6.81. The first-order valence-corrected chi connectivity index (χ1v) is 10.7. The molecule has 4 rings (SSSR count). The van der Waals surface area contributed by atoms with Crippen molar-refractivity contribution in [2.45, 2.75) is 6.42 Å². The predicted octanol–water partition coefficient (Wildman–Crippen LogP) is 3.51. The second kappa shape index (κ2) is 8.87.